The van der Waals surface area contributed by atoms with Crippen LogP contribution in [0.1, 0.15) is 25.8 Å². The van der Waals surface area contributed by atoms with Gasteiger partial charge in [0.25, 0.3) is 11.1 Å². The Morgan fingerprint density at radius 1 is 1.30 bits per heavy atom. The lowest BCUT2D eigenvalue weighted by Crippen LogP contribution is -2.35. The minimum Gasteiger partial charge on any atom is -0.463 e. The molecule has 7 nitrogen and oxygen atoms in total. The van der Waals surface area contributed by atoms with Crippen LogP contribution in [0.3, 0.4) is 0 Å². The first-order valence-electron chi connectivity index (χ1n) is 8.36. The molecule has 1 fully saturated rings. The number of hydrogen-bond acceptors (Lipinski definition) is 7. The van der Waals surface area contributed by atoms with Crippen molar-refractivity contribution in [2.24, 2.45) is 0 Å². The van der Waals surface area contributed by atoms with Crippen molar-refractivity contribution in [3.05, 3.63) is 51.2 Å². The summed E-state index contributed by atoms with van der Waals surface area (Å²) in [5.74, 6) is -1.29. The van der Waals surface area contributed by atoms with Gasteiger partial charge in [-0.05, 0) is 43.3 Å². The minimum absolute atomic E-state index is 0.0546. The summed E-state index contributed by atoms with van der Waals surface area (Å²) in [6.07, 6.45) is 2.89. The normalized spacial score (nSPS) is 17.0. The quantitative estimate of drug-likeness (QED) is 0.574. The molecule has 27 heavy (non-hydrogen) atoms. The molecule has 0 bridgehead atoms. The van der Waals surface area contributed by atoms with Gasteiger partial charge in [0.15, 0.2) is 5.43 Å². The third kappa shape index (κ3) is 3.95. The predicted octanol–water partition coefficient (Wildman–Crippen LogP) is 3.17. The van der Waals surface area contributed by atoms with E-state index >= 15 is 0 Å². The topological polar surface area (TPSA) is 93.9 Å². The molecule has 8 heteroatoms. The van der Waals surface area contributed by atoms with Crippen LogP contribution in [-0.4, -0.2) is 34.7 Å². The molecule has 1 aromatic heterocycles. The lowest BCUT2D eigenvalue weighted by atomic mass is 10.1. The van der Waals surface area contributed by atoms with Crippen molar-refractivity contribution in [2.45, 2.75) is 26.4 Å². The number of imide groups is 1. The third-order valence-corrected chi connectivity index (χ3v) is 4.97. The van der Waals surface area contributed by atoms with Crippen molar-refractivity contribution in [2.75, 3.05) is 6.54 Å². The molecular weight excluding hydrogens is 370 g/mol. The van der Waals surface area contributed by atoms with E-state index in [0.717, 1.165) is 4.90 Å². The van der Waals surface area contributed by atoms with Crippen LogP contribution in [-0.2, 0) is 14.3 Å². The van der Waals surface area contributed by atoms with Crippen molar-refractivity contribution in [3.8, 4) is 0 Å². The molecular formula is C19H17NO6S. The number of nitrogens with zero attached hydrogens (tertiary/aromatic N) is 1. The van der Waals surface area contributed by atoms with Crippen LogP contribution in [0.5, 0.6) is 0 Å². The largest absolute Gasteiger partial charge is 0.463 e. The summed E-state index contributed by atoms with van der Waals surface area (Å²) in [5.41, 5.74) is 0.279. The lowest BCUT2D eigenvalue weighted by Gasteiger charge is -2.14. The van der Waals surface area contributed by atoms with Gasteiger partial charge in [-0.3, -0.25) is 24.1 Å². The number of para-hydroxylation sites is 1. The SMILES string of the molecule is CC[C@H](C)OC(=O)CN1C(=O)S/C(=C\c2coc3ccccc3c2=O)C1=O. The number of esters is 1. The zero-order valence-electron chi connectivity index (χ0n) is 14.8. The van der Waals surface area contributed by atoms with E-state index in [9.17, 15) is 19.2 Å². The maximum atomic E-state index is 12.5. The summed E-state index contributed by atoms with van der Waals surface area (Å²) in [5, 5.41) is -0.208. The monoisotopic (exact) mass is 387 g/mol. The van der Waals surface area contributed by atoms with Crippen molar-refractivity contribution in [3.63, 3.8) is 0 Å². The Bertz CT molecular complexity index is 1010. The molecule has 1 aliphatic heterocycles. The lowest BCUT2D eigenvalue weighted by molar-refractivity contribution is -0.150. The Hall–Kier alpha value is -2.87. The van der Waals surface area contributed by atoms with Gasteiger partial charge in [-0.1, -0.05) is 19.1 Å². The van der Waals surface area contributed by atoms with Gasteiger partial charge in [-0.2, -0.15) is 0 Å². The highest BCUT2D eigenvalue weighted by molar-refractivity contribution is 8.18. The van der Waals surface area contributed by atoms with E-state index in [2.05, 4.69) is 0 Å². The van der Waals surface area contributed by atoms with E-state index in [-0.39, 0.29) is 22.0 Å². The molecule has 3 rings (SSSR count). The highest BCUT2D eigenvalue weighted by Crippen LogP contribution is 2.32. The number of carbonyl (C=O) groups excluding carboxylic acids is 3. The zero-order chi connectivity index (χ0) is 19.6. The Morgan fingerprint density at radius 2 is 2.04 bits per heavy atom. The molecule has 140 valence electrons. The van der Waals surface area contributed by atoms with E-state index < -0.39 is 23.7 Å². The molecule has 1 saturated heterocycles. The summed E-state index contributed by atoms with van der Waals surface area (Å²) in [7, 11) is 0. The van der Waals surface area contributed by atoms with Crippen molar-refractivity contribution in [1.29, 1.82) is 0 Å². The third-order valence-electron chi connectivity index (χ3n) is 4.06. The fraction of sp³-hybridized carbons (Fsp3) is 0.263. The first-order chi connectivity index (χ1) is 12.9. The Labute approximate surface area is 159 Å². The second-order valence-corrected chi connectivity index (χ2v) is 6.99. The highest BCUT2D eigenvalue weighted by Gasteiger charge is 2.37. The number of benzene rings is 1. The Kier molecular flexibility index (Phi) is 5.46. The van der Waals surface area contributed by atoms with Crippen LogP contribution in [0.4, 0.5) is 4.79 Å². The molecule has 0 radical (unpaired) electrons. The number of hydrogen-bond donors (Lipinski definition) is 0. The molecule has 1 atom stereocenters. The van der Waals surface area contributed by atoms with Crippen LogP contribution in [0.25, 0.3) is 17.0 Å². The Morgan fingerprint density at radius 3 is 2.78 bits per heavy atom. The van der Waals surface area contributed by atoms with Gasteiger partial charge in [0.05, 0.1) is 22.0 Å². The molecule has 0 unspecified atom stereocenters. The maximum Gasteiger partial charge on any atom is 0.326 e. The summed E-state index contributed by atoms with van der Waals surface area (Å²) in [6, 6.07) is 6.74. The van der Waals surface area contributed by atoms with E-state index in [1.165, 1.54) is 12.3 Å². The van der Waals surface area contributed by atoms with Gasteiger partial charge in [0, 0.05) is 0 Å². The summed E-state index contributed by atoms with van der Waals surface area (Å²) >= 11 is 0.668. The van der Waals surface area contributed by atoms with Crippen LogP contribution >= 0.6 is 11.8 Å². The molecule has 2 heterocycles. The van der Waals surface area contributed by atoms with Crippen molar-refractivity contribution < 1.29 is 23.5 Å². The number of thioether (sulfide) groups is 1. The number of amides is 2. The molecule has 1 aliphatic rings. The number of fused-ring (bicyclic) bond motifs is 1. The van der Waals surface area contributed by atoms with Crippen LogP contribution in [0.15, 0.2) is 44.6 Å². The average molecular weight is 387 g/mol. The summed E-state index contributed by atoms with van der Waals surface area (Å²) in [6.45, 7) is 3.12. The zero-order valence-corrected chi connectivity index (χ0v) is 15.6. The summed E-state index contributed by atoms with van der Waals surface area (Å²) in [4.78, 5) is 49.8. The first kappa shape index (κ1) is 18.9. The van der Waals surface area contributed by atoms with E-state index in [1.807, 2.05) is 6.92 Å². The van der Waals surface area contributed by atoms with Gasteiger partial charge in [-0.15, -0.1) is 0 Å². The molecule has 0 spiro atoms. The smallest absolute Gasteiger partial charge is 0.326 e. The Balaban J connectivity index is 1.83. The van der Waals surface area contributed by atoms with Gasteiger partial charge >= 0.3 is 5.97 Å². The summed E-state index contributed by atoms with van der Waals surface area (Å²) < 4.78 is 10.5. The standard InChI is InChI=1S/C19H17NO6S/c1-3-11(2)26-16(21)9-20-18(23)15(27-19(20)24)8-12-10-25-14-7-5-4-6-13(14)17(12)22/h4-8,10-11H,3,9H2,1-2H3/b15-8-/t11-/m0/s1. The minimum atomic E-state index is -0.655. The van der Waals surface area contributed by atoms with Crippen LogP contribution in [0, 0.1) is 0 Å². The van der Waals surface area contributed by atoms with Crippen molar-refractivity contribution >= 4 is 45.9 Å². The molecule has 0 saturated carbocycles. The van der Waals surface area contributed by atoms with Gasteiger partial charge in [0.1, 0.15) is 18.4 Å². The second-order valence-electron chi connectivity index (χ2n) is 5.99. The van der Waals surface area contributed by atoms with Gasteiger partial charge in [-0.25, -0.2) is 0 Å². The highest BCUT2D eigenvalue weighted by atomic mass is 32.2. The number of carbonyl (C=O) groups is 3. The van der Waals surface area contributed by atoms with E-state index in [1.54, 1.807) is 31.2 Å². The van der Waals surface area contributed by atoms with Gasteiger partial charge < -0.3 is 9.15 Å². The fourth-order valence-corrected chi connectivity index (χ4v) is 3.27. The van der Waals surface area contributed by atoms with Crippen LogP contribution < -0.4 is 5.43 Å². The molecule has 0 N–H and O–H groups in total. The molecule has 2 amide bonds. The maximum absolute atomic E-state index is 12.5. The predicted molar refractivity (Wildman–Crippen MR) is 101 cm³/mol. The first-order valence-corrected chi connectivity index (χ1v) is 9.17. The van der Waals surface area contributed by atoms with Crippen LogP contribution in [0.2, 0.25) is 0 Å². The van der Waals surface area contributed by atoms with Crippen molar-refractivity contribution in [1.82, 2.24) is 4.90 Å². The van der Waals surface area contributed by atoms with E-state index in [4.69, 9.17) is 9.15 Å². The molecule has 0 aliphatic carbocycles. The fourth-order valence-electron chi connectivity index (χ4n) is 2.44. The number of ether oxygens (including phenoxy) is 1. The van der Waals surface area contributed by atoms with Gasteiger partial charge in [0.2, 0.25) is 0 Å². The molecule has 2 aromatic rings. The van der Waals surface area contributed by atoms with E-state index in [0.29, 0.717) is 29.2 Å². The average Bonchev–Trinajstić information content (AvgIpc) is 2.91. The molecule has 1 aromatic carbocycles. The second kappa shape index (κ2) is 7.79. The number of rotatable bonds is 5.